The third-order valence-electron chi connectivity index (χ3n) is 3.37. The summed E-state index contributed by atoms with van der Waals surface area (Å²) in [5.41, 5.74) is 0. The van der Waals surface area contributed by atoms with Gasteiger partial charge in [0.15, 0.2) is 0 Å². The summed E-state index contributed by atoms with van der Waals surface area (Å²) in [4.78, 5) is 2.45. The Morgan fingerprint density at radius 2 is 2.21 bits per heavy atom. The van der Waals surface area contributed by atoms with Crippen molar-refractivity contribution in [1.82, 2.24) is 10.2 Å². The van der Waals surface area contributed by atoms with Crippen LogP contribution < -0.4 is 5.32 Å². The molecule has 3 unspecified atom stereocenters. The van der Waals surface area contributed by atoms with Gasteiger partial charge in [0.05, 0.1) is 0 Å². The Morgan fingerprint density at radius 3 is 2.86 bits per heavy atom. The number of likely N-dealkylation sites (tertiary alicyclic amines) is 1. The first-order chi connectivity index (χ1) is 6.65. The lowest BCUT2D eigenvalue weighted by molar-refractivity contribution is 0.122. The normalized spacial score (nSPS) is 34.4. The van der Waals surface area contributed by atoms with E-state index in [9.17, 15) is 0 Å². The van der Waals surface area contributed by atoms with Crippen LogP contribution in [0.1, 0.15) is 26.7 Å². The number of hydrogen-bond acceptors (Lipinski definition) is 2. The van der Waals surface area contributed by atoms with Crippen molar-refractivity contribution in [3.05, 3.63) is 12.7 Å². The van der Waals surface area contributed by atoms with Gasteiger partial charge < -0.3 is 10.2 Å². The van der Waals surface area contributed by atoms with Gasteiger partial charge in [-0.05, 0) is 39.3 Å². The van der Waals surface area contributed by atoms with Crippen molar-refractivity contribution in [2.75, 3.05) is 20.1 Å². The lowest BCUT2D eigenvalue weighted by Gasteiger charge is -2.40. The number of piperidine rings is 1. The molecule has 1 N–H and O–H groups in total. The lowest BCUT2D eigenvalue weighted by Crippen LogP contribution is -2.50. The Labute approximate surface area is 88.4 Å². The van der Waals surface area contributed by atoms with Crippen LogP contribution >= 0.6 is 0 Å². The largest absolute Gasteiger partial charge is 0.313 e. The van der Waals surface area contributed by atoms with E-state index >= 15 is 0 Å². The zero-order chi connectivity index (χ0) is 10.6. The SMILES string of the molecule is C=CCCNC1CC(C)N(C)CC1C. The predicted octanol–water partition coefficient (Wildman–Crippen LogP) is 1.88. The van der Waals surface area contributed by atoms with Gasteiger partial charge in [0, 0.05) is 18.6 Å². The van der Waals surface area contributed by atoms with Crippen molar-refractivity contribution < 1.29 is 0 Å². The second-order valence-corrected chi connectivity index (χ2v) is 4.64. The molecular formula is C12H24N2. The molecular weight excluding hydrogens is 172 g/mol. The minimum absolute atomic E-state index is 0.696. The second-order valence-electron chi connectivity index (χ2n) is 4.64. The Hall–Kier alpha value is -0.340. The van der Waals surface area contributed by atoms with Crippen molar-refractivity contribution in [2.24, 2.45) is 5.92 Å². The summed E-state index contributed by atoms with van der Waals surface area (Å²) in [6, 6.07) is 1.41. The summed E-state index contributed by atoms with van der Waals surface area (Å²) >= 11 is 0. The molecule has 1 saturated heterocycles. The van der Waals surface area contributed by atoms with Gasteiger partial charge in [-0.2, -0.15) is 0 Å². The minimum Gasteiger partial charge on any atom is -0.313 e. The highest BCUT2D eigenvalue weighted by atomic mass is 15.2. The molecule has 0 saturated carbocycles. The first-order valence-corrected chi connectivity index (χ1v) is 5.69. The molecule has 0 aromatic rings. The average molecular weight is 196 g/mol. The van der Waals surface area contributed by atoms with E-state index in [-0.39, 0.29) is 0 Å². The Balaban J connectivity index is 2.33. The topological polar surface area (TPSA) is 15.3 Å². The minimum atomic E-state index is 0.696. The van der Waals surface area contributed by atoms with E-state index in [1.54, 1.807) is 0 Å². The predicted molar refractivity (Wildman–Crippen MR) is 62.5 cm³/mol. The van der Waals surface area contributed by atoms with E-state index in [0.717, 1.165) is 18.9 Å². The highest BCUT2D eigenvalue weighted by Crippen LogP contribution is 2.20. The fourth-order valence-corrected chi connectivity index (χ4v) is 2.20. The van der Waals surface area contributed by atoms with Crippen molar-refractivity contribution >= 4 is 0 Å². The number of nitrogens with one attached hydrogen (secondary N) is 1. The van der Waals surface area contributed by atoms with Gasteiger partial charge in [-0.1, -0.05) is 13.0 Å². The summed E-state index contributed by atoms with van der Waals surface area (Å²) in [6.07, 6.45) is 4.33. The zero-order valence-electron chi connectivity index (χ0n) is 9.79. The molecule has 0 amide bonds. The quantitative estimate of drug-likeness (QED) is 0.545. The van der Waals surface area contributed by atoms with Gasteiger partial charge in [0.2, 0.25) is 0 Å². The maximum atomic E-state index is 3.74. The molecule has 1 fully saturated rings. The molecule has 1 aliphatic rings. The van der Waals surface area contributed by atoms with Gasteiger partial charge >= 0.3 is 0 Å². The van der Waals surface area contributed by atoms with Crippen molar-refractivity contribution in [3.8, 4) is 0 Å². The smallest absolute Gasteiger partial charge is 0.0120 e. The fraction of sp³-hybridized carbons (Fsp3) is 0.833. The Kier molecular flexibility index (Phi) is 4.63. The van der Waals surface area contributed by atoms with Crippen LogP contribution in [-0.4, -0.2) is 37.1 Å². The zero-order valence-corrected chi connectivity index (χ0v) is 9.79. The fourth-order valence-electron chi connectivity index (χ4n) is 2.20. The molecule has 0 spiro atoms. The van der Waals surface area contributed by atoms with Crippen molar-refractivity contribution in [3.63, 3.8) is 0 Å². The standard InChI is InChI=1S/C12H24N2/c1-5-6-7-13-12-8-11(3)14(4)9-10(12)2/h5,10-13H,1,6-9H2,2-4H3. The van der Waals surface area contributed by atoms with Crippen LogP contribution in [-0.2, 0) is 0 Å². The molecule has 2 nitrogen and oxygen atoms in total. The summed E-state index contributed by atoms with van der Waals surface area (Å²) in [6.45, 7) is 10.7. The monoisotopic (exact) mass is 196 g/mol. The molecule has 3 atom stereocenters. The molecule has 0 aliphatic carbocycles. The van der Waals surface area contributed by atoms with Crippen LogP contribution in [0.2, 0.25) is 0 Å². The average Bonchev–Trinajstić information content (AvgIpc) is 2.14. The lowest BCUT2D eigenvalue weighted by atomic mass is 9.90. The van der Waals surface area contributed by atoms with E-state index in [4.69, 9.17) is 0 Å². The van der Waals surface area contributed by atoms with Crippen LogP contribution in [0.3, 0.4) is 0 Å². The molecule has 2 heteroatoms. The van der Waals surface area contributed by atoms with E-state index in [1.807, 2.05) is 6.08 Å². The molecule has 1 heterocycles. The molecule has 14 heavy (non-hydrogen) atoms. The summed E-state index contributed by atoms with van der Waals surface area (Å²) in [5, 5.41) is 3.63. The molecule has 1 rings (SSSR count). The first-order valence-electron chi connectivity index (χ1n) is 5.69. The molecule has 1 aliphatic heterocycles. The third-order valence-corrected chi connectivity index (χ3v) is 3.37. The second kappa shape index (κ2) is 5.52. The van der Waals surface area contributed by atoms with Gasteiger partial charge in [-0.15, -0.1) is 6.58 Å². The number of hydrogen-bond donors (Lipinski definition) is 1. The highest BCUT2D eigenvalue weighted by Gasteiger charge is 2.27. The van der Waals surface area contributed by atoms with E-state index in [2.05, 4.69) is 37.7 Å². The van der Waals surface area contributed by atoms with E-state index in [1.165, 1.54) is 13.0 Å². The molecule has 0 aromatic heterocycles. The van der Waals surface area contributed by atoms with Gasteiger partial charge in [0.25, 0.3) is 0 Å². The van der Waals surface area contributed by atoms with Crippen LogP contribution in [0.15, 0.2) is 12.7 Å². The molecule has 0 bridgehead atoms. The Morgan fingerprint density at radius 1 is 1.50 bits per heavy atom. The summed E-state index contributed by atoms with van der Waals surface area (Å²) in [5.74, 6) is 0.765. The number of nitrogens with zero attached hydrogens (tertiary/aromatic N) is 1. The van der Waals surface area contributed by atoms with Gasteiger partial charge in [-0.25, -0.2) is 0 Å². The third kappa shape index (κ3) is 3.10. The highest BCUT2D eigenvalue weighted by molar-refractivity contribution is 4.86. The maximum Gasteiger partial charge on any atom is 0.0120 e. The summed E-state index contributed by atoms with van der Waals surface area (Å²) < 4.78 is 0. The van der Waals surface area contributed by atoms with E-state index in [0.29, 0.717) is 12.1 Å². The van der Waals surface area contributed by atoms with Gasteiger partial charge in [0.1, 0.15) is 0 Å². The Bertz CT molecular complexity index is 179. The maximum absolute atomic E-state index is 3.74. The number of rotatable bonds is 4. The molecule has 0 radical (unpaired) electrons. The molecule has 0 aromatic carbocycles. The summed E-state index contributed by atoms with van der Waals surface area (Å²) in [7, 11) is 2.22. The van der Waals surface area contributed by atoms with Crippen molar-refractivity contribution in [1.29, 1.82) is 0 Å². The van der Waals surface area contributed by atoms with Gasteiger partial charge in [-0.3, -0.25) is 0 Å². The van der Waals surface area contributed by atoms with Crippen LogP contribution in [0.25, 0.3) is 0 Å². The van der Waals surface area contributed by atoms with Crippen LogP contribution in [0.5, 0.6) is 0 Å². The first kappa shape index (κ1) is 11.7. The van der Waals surface area contributed by atoms with Crippen molar-refractivity contribution in [2.45, 2.75) is 38.8 Å². The van der Waals surface area contributed by atoms with Crippen LogP contribution in [0.4, 0.5) is 0 Å². The van der Waals surface area contributed by atoms with Crippen LogP contribution in [0, 0.1) is 5.92 Å². The van der Waals surface area contributed by atoms with E-state index < -0.39 is 0 Å². The molecule has 82 valence electrons.